The maximum absolute atomic E-state index is 12.1. The quantitative estimate of drug-likeness (QED) is 0.575. The van der Waals surface area contributed by atoms with Gasteiger partial charge in [0.2, 0.25) is 5.91 Å². The summed E-state index contributed by atoms with van der Waals surface area (Å²) in [6.07, 6.45) is 4.68. The van der Waals surface area contributed by atoms with Crippen molar-refractivity contribution in [2.75, 3.05) is 37.6 Å². The zero-order valence-corrected chi connectivity index (χ0v) is 19.7. The number of benzene rings is 2. The number of piperazine rings is 1. The van der Waals surface area contributed by atoms with E-state index in [4.69, 9.17) is 4.37 Å². The highest BCUT2D eigenvalue weighted by atomic mass is 32.1. The maximum Gasteiger partial charge on any atom is 0.220 e. The van der Waals surface area contributed by atoms with E-state index in [1.165, 1.54) is 26.8 Å². The molecule has 1 saturated heterocycles. The van der Waals surface area contributed by atoms with Crippen molar-refractivity contribution in [1.82, 2.24) is 14.6 Å². The molecule has 1 N–H and O–H groups in total. The Hall–Kier alpha value is -2.44. The molecule has 168 valence electrons. The second-order valence-corrected chi connectivity index (χ2v) is 9.83. The summed E-state index contributed by atoms with van der Waals surface area (Å²) in [4.78, 5) is 17.1. The predicted molar refractivity (Wildman–Crippen MR) is 133 cm³/mol. The number of carbonyl (C=O) groups excluding carboxylic acids is 1. The Morgan fingerprint density at radius 1 is 1.16 bits per heavy atom. The zero-order valence-electron chi connectivity index (χ0n) is 18.8. The molecule has 1 amide bonds. The molecule has 2 aliphatic rings. The van der Waals surface area contributed by atoms with Gasteiger partial charge in [-0.2, -0.15) is 4.37 Å². The third kappa shape index (κ3) is 4.52. The lowest BCUT2D eigenvalue weighted by molar-refractivity contribution is -0.121. The lowest BCUT2D eigenvalue weighted by Gasteiger charge is -2.35. The summed E-state index contributed by atoms with van der Waals surface area (Å²) < 4.78 is 6.00. The van der Waals surface area contributed by atoms with Gasteiger partial charge in [0.15, 0.2) is 0 Å². The molecule has 5 nitrogen and oxygen atoms in total. The number of aryl methyl sites for hydroxylation is 1. The van der Waals surface area contributed by atoms with Crippen molar-refractivity contribution in [3.05, 3.63) is 59.2 Å². The first-order chi connectivity index (χ1) is 15.7. The third-order valence-electron chi connectivity index (χ3n) is 6.85. The first kappa shape index (κ1) is 21.4. The highest BCUT2D eigenvalue weighted by molar-refractivity contribution is 7.13. The van der Waals surface area contributed by atoms with E-state index >= 15 is 0 Å². The van der Waals surface area contributed by atoms with Gasteiger partial charge in [-0.15, -0.1) is 0 Å². The summed E-state index contributed by atoms with van der Waals surface area (Å²) in [7, 11) is 0. The molecule has 5 rings (SSSR count). The van der Waals surface area contributed by atoms with E-state index in [9.17, 15) is 4.79 Å². The summed E-state index contributed by atoms with van der Waals surface area (Å²) in [5.74, 6) is 1.33. The molecule has 1 fully saturated rings. The monoisotopic (exact) mass is 448 g/mol. The Bertz CT molecular complexity index is 1090. The lowest BCUT2D eigenvalue weighted by Crippen LogP contribution is -2.47. The van der Waals surface area contributed by atoms with Crippen LogP contribution < -0.4 is 10.2 Å². The highest BCUT2D eigenvalue weighted by Crippen LogP contribution is 2.32. The van der Waals surface area contributed by atoms with Crippen molar-refractivity contribution in [2.45, 2.75) is 45.1 Å². The van der Waals surface area contributed by atoms with Gasteiger partial charge < -0.3 is 10.2 Å². The number of rotatable bonds is 7. The molecule has 3 aromatic rings. The van der Waals surface area contributed by atoms with Crippen molar-refractivity contribution in [2.24, 2.45) is 0 Å². The Labute approximate surface area is 194 Å². The number of hydrogen-bond donors (Lipinski definition) is 1. The lowest BCUT2D eigenvalue weighted by atomic mass is 10.0. The number of nitrogens with one attached hydrogen (secondary N) is 1. The molecule has 1 aliphatic heterocycles. The van der Waals surface area contributed by atoms with Gasteiger partial charge >= 0.3 is 0 Å². The SMILES string of the molecule is CCCC(=O)NC1CCc2ccc(CCN3CCN(c4nsc5ccccc45)CC3)cc21. The number of nitrogens with zero attached hydrogens (tertiary/aromatic N) is 3. The van der Waals surface area contributed by atoms with Crippen LogP contribution in [0.15, 0.2) is 42.5 Å². The first-order valence-electron chi connectivity index (χ1n) is 11.9. The molecule has 32 heavy (non-hydrogen) atoms. The number of amides is 1. The predicted octanol–water partition coefficient (Wildman–Crippen LogP) is 4.56. The van der Waals surface area contributed by atoms with Crippen LogP contribution in [0.5, 0.6) is 0 Å². The van der Waals surface area contributed by atoms with E-state index in [-0.39, 0.29) is 11.9 Å². The number of anilines is 1. The molecule has 0 spiro atoms. The highest BCUT2D eigenvalue weighted by Gasteiger charge is 2.24. The van der Waals surface area contributed by atoms with Crippen LogP contribution in [0.2, 0.25) is 0 Å². The first-order valence-corrected chi connectivity index (χ1v) is 12.7. The third-order valence-corrected chi connectivity index (χ3v) is 7.66. The second kappa shape index (κ2) is 9.59. The molecule has 1 aliphatic carbocycles. The number of fused-ring (bicyclic) bond motifs is 2. The Morgan fingerprint density at radius 3 is 2.84 bits per heavy atom. The van der Waals surface area contributed by atoms with Crippen molar-refractivity contribution in [1.29, 1.82) is 0 Å². The molecular formula is C26H32N4OS. The van der Waals surface area contributed by atoms with Gasteiger partial charge in [0, 0.05) is 44.5 Å². The fourth-order valence-corrected chi connectivity index (χ4v) is 5.82. The maximum atomic E-state index is 12.1. The van der Waals surface area contributed by atoms with Gasteiger partial charge in [-0.3, -0.25) is 9.69 Å². The van der Waals surface area contributed by atoms with Crippen molar-refractivity contribution >= 4 is 33.3 Å². The Morgan fingerprint density at radius 2 is 2.00 bits per heavy atom. The molecule has 1 atom stereocenters. The smallest absolute Gasteiger partial charge is 0.220 e. The van der Waals surface area contributed by atoms with Crippen LogP contribution in [-0.2, 0) is 17.6 Å². The molecular weight excluding hydrogens is 416 g/mol. The average molecular weight is 449 g/mol. The topological polar surface area (TPSA) is 48.5 Å². The van der Waals surface area contributed by atoms with E-state index in [1.807, 2.05) is 0 Å². The average Bonchev–Trinajstić information content (AvgIpc) is 3.42. The van der Waals surface area contributed by atoms with Crippen LogP contribution in [0.3, 0.4) is 0 Å². The molecule has 6 heteroatoms. The molecule has 0 radical (unpaired) electrons. The van der Waals surface area contributed by atoms with Gasteiger partial charge in [-0.1, -0.05) is 37.3 Å². The van der Waals surface area contributed by atoms with Gasteiger partial charge in [0.05, 0.1) is 10.7 Å². The minimum atomic E-state index is 0.182. The van der Waals surface area contributed by atoms with E-state index in [0.717, 1.165) is 64.2 Å². The standard InChI is InChI=1S/C26H32N4OS/c1-2-5-25(31)27-23-11-10-20-9-8-19(18-22(20)23)12-13-29-14-16-30(17-15-29)26-21-6-3-4-7-24(21)32-28-26/h3-4,6-9,18,23H,2,5,10-17H2,1H3,(H,27,31). The molecule has 1 unspecified atom stereocenters. The fourth-order valence-electron chi connectivity index (χ4n) is 5.02. The minimum Gasteiger partial charge on any atom is -0.353 e. The number of hydrogen-bond acceptors (Lipinski definition) is 5. The largest absolute Gasteiger partial charge is 0.353 e. The van der Waals surface area contributed by atoms with Crippen LogP contribution >= 0.6 is 11.5 Å². The normalized spacial score (nSPS) is 18.8. The van der Waals surface area contributed by atoms with Crippen LogP contribution in [0.1, 0.15) is 48.9 Å². The summed E-state index contributed by atoms with van der Waals surface area (Å²) in [5, 5.41) is 4.52. The van der Waals surface area contributed by atoms with Crippen molar-refractivity contribution in [3.63, 3.8) is 0 Å². The van der Waals surface area contributed by atoms with Crippen LogP contribution in [0.25, 0.3) is 10.1 Å². The Kier molecular flexibility index (Phi) is 6.42. The second-order valence-electron chi connectivity index (χ2n) is 9.02. The van der Waals surface area contributed by atoms with Crippen LogP contribution in [-0.4, -0.2) is 47.9 Å². The number of aromatic nitrogens is 1. The summed E-state index contributed by atoms with van der Waals surface area (Å²) in [6, 6.07) is 15.6. The van der Waals surface area contributed by atoms with Gasteiger partial charge in [-0.05, 0) is 66.0 Å². The van der Waals surface area contributed by atoms with Gasteiger partial charge in [-0.25, -0.2) is 0 Å². The number of carbonyl (C=O) groups is 1. The summed E-state index contributed by atoms with van der Waals surface area (Å²) in [6.45, 7) is 7.35. The van der Waals surface area contributed by atoms with Crippen molar-refractivity contribution < 1.29 is 4.79 Å². The van der Waals surface area contributed by atoms with Gasteiger partial charge in [0.1, 0.15) is 5.82 Å². The summed E-state index contributed by atoms with van der Waals surface area (Å²) in [5.41, 5.74) is 4.13. The zero-order chi connectivity index (χ0) is 21.9. The van der Waals surface area contributed by atoms with E-state index in [2.05, 4.69) is 64.5 Å². The molecule has 2 heterocycles. The molecule has 2 aromatic carbocycles. The Balaban J connectivity index is 1.16. The van der Waals surface area contributed by atoms with Crippen LogP contribution in [0.4, 0.5) is 5.82 Å². The minimum absolute atomic E-state index is 0.182. The summed E-state index contributed by atoms with van der Waals surface area (Å²) >= 11 is 1.60. The van der Waals surface area contributed by atoms with E-state index in [1.54, 1.807) is 11.5 Å². The van der Waals surface area contributed by atoms with Gasteiger partial charge in [0.25, 0.3) is 0 Å². The fraction of sp³-hybridized carbons (Fsp3) is 0.462. The molecule has 0 saturated carbocycles. The van der Waals surface area contributed by atoms with Crippen molar-refractivity contribution in [3.8, 4) is 0 Å². The van der Waals surface area contributed by atoms with Crippen LogP contribution in [0, 0.1) is 0 Å². The van der Waals surface area contributed by atoms with E-state index in [0.29, 0.717) is 6.42 Å². The molecule has 1 aromatic heterocycles. The molecule has 0 bridgehead atoms. The van der Waals surface area contributed by atoms with E-state index < -0.39 is 0 Å².